The first-order chi connectivity index (χ1) is 22.8. The number of amides is 3. The van der Waals surface area contributed by atoms with Gasteiger partial charge in [-0.05, 0) is 55.3 Å². The van der Waals surface area contributed by atoms with Crippen LogP contribution in [0.3, 0.4) is 0 Å². The van der Waals surface area contributed by atoms with Crippen LogP contribution in [0, 0.1) is 23.2 Å². The molecule has 0 saturated carbocycles. The summed E-state index contributed by atoms with van der Waals surface area (Å²) in [5.41, 5.74) is -4.95. The molecule has 5 atom stereocenters. The van der Waals surface area contributed by atoms with Crippen molar-refractivity contribution in [3.8, 4) is 6.07 Å². The number of nitriles is 1. The fourth-order valence-corrected chi connectivity index (χ4v) is 8.61. The molecule has 0 aliphatic carbocycles. The second-order valence-corrected chi connectivity index (χ2v) is 15.4. The molecule has 6 rings (SSSR count). The van der Waals surface area contributed by atoms with Crippen molar-refractivity contribution in [3.05, 3.63) is 69.0 Å². The van der Waals surface area contributed by atoms with Crippen molar-refractivity contribution in [2.45, 2.75) is 62.2 Å². The van der Waals surface area contributed by atoms with Crippen molar-refractivity contribution in [1.82, 2.24) is 20.1 Å². The normalized spacial score (nSPS) is 25.0. The Morgan fingerprint density at radius 2 is 1.85 bits per heavy atom. The van der Waals surface area contributed by atoms with Gasteiger partial charge in [0, 0.05) is 53.6 Å². The number of aromatic nitrogens is 1. The third kappa shape index (κ3) is 6.42. The molecular weight excluding hydrogens is 667 g/mol. The lowest BCUT2D eigenvalue weighted by atomic mass is 9.94. The van der Waals surface area contributed by atoms with Crippen molar-refractivity contribution in [3.63, 3.8) is 0 Å². The summed E-state index contributed by atoms with van der Waals surface area (Å²) in [7, 11) is -5.76. The van der Waals surface area contributed by atoms with Gasteiger partial charge in [0.2, 0.25) is 17.4 Å². The molecule has 0 spiro atoms. The lowest BCUT2D eigenvalue weighted by Crippen LogP contribution is -2.53. The number of carbonyl (C=O) groups excluding carboxylic acids is 3. The summed E-state index contributed by atoms with van der Waals surface area (Å²) in [6.07, 6.45) is 4.02. The van der Waals surface area contributed by atoms with Crippen molar-refractivity contribution < 1.29 is 37.5 Å². The molecule has 2 aromatic heterocycles. The van der Waals surface area contributed by atoms with E-state index in [2.05, 4.69) is 16.4 Å². The van der Waals surface area contributed by atoms with Gasteiger partial charge < -0.3 is 29.9 Å². The fraction of sp³-hybridized carbons (Fsp3) is 0.469. The number of benzene rings is 1. The minimum atomic E-state index is -5.76. The summed E-state index contributed by atoms with van der Waals surface area (Å²) in [6, 6.07) is 10.7. The largest absolute Gasteiger partial charge is 0.399 e. The maximum atomic E-state index is 14.3. The first-order valence-electron chi connectivity index (χ1n) is 15.7. The highest BCUT2D eigenvalue weighted by Crippen LogP contribution is 2.59. The van der Waals surface area contributed by atoms with Crippen molar-refractivity contribution >= 4 is 46.7 Å². The fourth-order valence-electron chi connectivity index (χ4n) is 7.17. The van der Waals surface area contributed by atoms with E-state index < -0.39 is 42.6 Å². The number of hydrogen-bond donors (Lipinski definition) is 4. The summed E-state index contributed by atoms with van der Waals surface area (Å²) in [4.78, 5) is 77.4. The van der Waals surface area contributed by atoms with Crippen LogP contribution >= 0.6 is 18.9 Å². The lowest BCUT2D eigenvalue weighted by Gasteiger charge is -2.36. The molecule has 3 aliphatic heterocycles. The van der Waals surface area contributed by atoms with Crippen LogP contribution in [0.2, 0.25) is 0 Å². The van der Waals surface area contributed by atoms with Crippen LogP contribution in [0.15, 0.2) is 47.3 Å². The number of likely N-dealkylation sites (tertiary alicyclic amines) is 1. The number of rotatable bonds is 7. The molecule has 3 amide bonds. The number of nitrogens with zero attached hydrogens (tertiary/aromatic N) is 3. The molecule has 0 radical (unpaired) electrons. The van der Waals surface area contributed by atoms with Crippen LogP contribution < -0.4 is 10.9 Å². The number of hydrogen-bond acceptors (Lipinski definition) is 7. The molecule has 1 aromatic carbocycles. The molecule has 3 aromatic rings. The second-order valence-electron chi connectivity index (χ2n) is 12.7. The number of nitrogens with one attached hydrogen (secondary N) is 2. The SMILES string of the molecule is N#CC1CN(C(=O)[C@@H]2CC[C@@H]3CCCCC(CNC(=O)c4cc5cc(C(F)(F)P(=O)(O)O)ccc5s4)C(=O)N32)C[C@@H]1c1cccc(=O)[nH]1. The van der Waals surface area contributed by atoms with Gasteiger partial charge in [-0.1, -0.05) is 25.0 Å². The molecule has 5 heterocycles. The second kappa shape index (κ2) is 13.2. The Balaban J connectivity index is 1.15. The van der Waals surface area contributed by atoms with Gasteiger partial charge in [-0.2, -0.15) is 14.0 Å². The van der Waals surface area contributed by atoms with Crippen LogP contribution in [-0.4, -0.2) is 74.0 Å². The van der Waals surface area contributed by atoms with Crippen molar-refractivity contribution in [2.75, 3.05) is 19.6 Å². The Morgan fingerprint density at radius 1 is 1.08 bits per heavy atom. The Morgan fingerprint density at radius 3 is 2.58 bits per heavy atom. The number of aromatic amines is 1. The zero-order chi connectivity index (χ0) is 34.4. The highest BCUT2D eigenvalue weighted by atomic mass is 32.1. The maximum Gasteiger partial charge on any atom is 0.399 e. The van der Waals surface area contributed by atoms with Crippen LogP contribution in [0.25, 0.3) is 10.1 Å². The Hall–Kier alpha value is -3.96. The number of alkyl halides is 2. The van der Waals surface area contributed by atoms with Crippen LogP contribution in [0.5, 0.6) is 0 Å². The minimum Gasteiger partial charge on any atom is -0.351 e. The van der Waals surface area contributed by atoms with E-state index in [1.807, 2.05) is 0 Å². The highest BCUT2D eigenvalue weighted by Gasteiger charge is 2.50. The summed E-state index contributed by atoms with van der Waals surface area (Å²) in [5.74, 6) is -2.46. The topological polar surface area (TPSA) is 184 Å². The number of thiophene rings is 1. The summed E-state index contributed by atoms with van der Waals surface area (Å²) in [5, 5.41) is 12.8. The average Bonchev–Trinajstić information content (AvgIpc) is 3.78. The van der Waals surface area contributed by atoms with Crippen LogP contribution in [0.1, 0.15) is 65.4 Å². The van der Waals surface area contributed by atoms with Gasteiger partial charge in [-0.15, -0.1) is 11.3 Å². The van der Waals surface area contributed by atoms with E-state index in [9.17, 15) is 37.8 Å². The van der Waals surface area contributed by atoms with Crippen molar-refractivity contribution in [2.24, 2.45) is 11.8 Å². The van der Waals surface area contributed by atoms with Gasteiger partial charge >= 0.3 is 13.3 Å². The van der Waals surface area contributed by atoms with E-state index in [4.69, 9.17) is 9.79 Å². The smallest absolute Gasteiger partial charge is 0.351 e. The molecule has 0 bridgehead atoms. The van der Waals surface area contributed by atoms with Crippen LogP contribution in [-0.2, 0) is 19.8 Å². The summed E-state index contributed by atoms with van der Waals surface area (Å²) < 4.78 is 40.3. The van der Waals surface area contributed by atoms with E-state index in [0.29, 0.717) is 29.7 Å². The molecule has 16 heteroatoms. The Bertz CT molecular complexity index is 1900. The van der Waals surface area contributed by atoms with Gasteiger partial charge in [-0.25, -0.2) is 0 Å². The summed E-state index contributed by atoms with van der Waals surface area (Å²) >= 11 is 1.02. The molecule has 3 aliphatic rings. The molecule has 12 nitrogen and oxygen atoms in total. The quantitative estimate of drug-likeness (QED) is 0.268. The lowest BCUT2D eigenvalue weighted by molar-refractivity contribution is -0.148. The predicted molar refractivity (Wildman–Crippen MR) is 171 cm³/mol. The first kappa shape index (κ1) is 33.9. The Labute approximate surface area is 277 Å². The summed E-state index contributed by atoms with van der Waals surface area (Å²) in [6.45, 7) is 0.432. The molecule has 48 heavy (non-hydrogen) atoms. The van der Waals surface area contributed by atoms with Gasteiger partial charge in [0.1, 0.15) is 6.04 Å². The number of pyridine rings is 1. The van der Waals surface area contributed by atoms with E-state index in [1.54, 1.807) is 21.9 Å². The number of carbonyl (C=O) groups is 3. The van der Waals surface area contributed by atoms with E-state index in [1.165, 1.54) is 18.2 Å². The van der Waals surface area contributed by atoms with Gasteiger partial charge in [0.15, 0.2) is 0 Å². The van der Waals surface area contributed by atoms with E-state index in [-0.39, 0.29) is 59.2 Å². The molecule has 4 N–H and O–H groups in total. The van der Waals surface area contributed by atoms with Gasteiger partial charge in [0.25, 0.3) is 5.91 Å². The monoisotopic (exact) mass is 701 g/mol. The third-order valence-corrected chi connectivity index (χ3v) is 11.8. The molecule has 254 valence electrons. The standard InChI is InChI=1S/C32H34F2N5O7PS/c33-32(34,47(44,45)46)21-8-11-26-19(12-21)13-27(48-26)29(41)36-15-18-4-1-2-5-22-9-10-25(39(22)30(18)42)31(43)38-16-20(14-35)23(17-38)24-6-3-7-28(40)37-24/h3,6-8,11-13,18,20,22-23,25H,1-2,4-5,9-10,15-17H2,(H,36,41)(H,37,40)(H2,44,45,46)/t18?,20?,22-,23-,25-/m0/s1. The van der Waals surface area contributed by atoms with E-state index >= 15 is 0 Å². The van der Waals surface area contributed by atoms with Crippen molar-refractivity contribution in [1.29, 1.82) is 5.26 Å². The molecular formula is C32H34F2N5O7PS. The van der Waals surface area contributed by atoms with Gasteiger partial charge in [0.05, 0.1) is 22.8 Å². The highest BCUT2D eigenvalue weighted by molar-refractivity contribution is 7.52. The number of fused-ring (bicyclic) bond motifs is 2. The van der Waals surface area contributed by atoms with E-state index in [0.717, 1.165) is 42.7 Å². The number of halogens is 2. The number of H-pyrrole nitrogens is 1. The van der Waals surface area contributed by atoms with Crippen LogP contribution in [0.4, 0.5) is 8.78 Å². The molecule has 3 fully saturated rings. The third-order valence-electron chi connectivity index (χ3n) is 9.68. The maximum absolute atomic E-state index is 14.3. The minimum absolute atomic E-state index is 0.00123. The Kier molecular flexibility index (Phi) is 9.30. The zero-order valence-electron chi connectivity index (χ0n) is 25.7. The molecule has 3 saturated heterocycles. The zero-order valence-corrected chi connectivity index (χ0v) is 27.4. The first-order valence-corrected chi connectivity index (χ1v) is 18.2. The average molecular weight is 702 g/mol. The molecule has 2 unspecified atom stereocenters. The predicted octanol–water partition coefficient (Wildman–Crippen LogP) is 3.86. The van der Waals surface area contributed by atoms with Gasteiger partial charge in [-0.3, -0.25) is 23.7 Å².